The average molecular weight is 444 g/mol. The second-order valence-corrected chi connectivity index (χ2v) is 9.58. The van der Waals surface area contributed by atoms with Gasteiger partial charge < -0.3 is 24.3 Å². The van der Waals surface area contributed by atoms with Gasteiger partial charge in [-0.1, -0.05) is 23.9 Å². The van der Waals surface area contributed by atoms with Gasteiger partial charge in [-0.15, -0.1) is 0 Å². The van der Waals surface area contributed by atoms with Crippen molar-refractivity contribution in [1.82, 2.24) is 15.1 Å². The lowest BCUT2D eigenvalue weighted by atomic mass is 9.77. The van der Waals surface area contributed by atoms with Crippen molar-refractivity contribution < 1.29 is 23.5 Å². The number of carbonyl (C=O) groups excluding carboxylic acids is 3. The van der Waals surface area contributed by atoms with Gasteiger partial charge >= 0.3 is 0 Å². The highest BCUT2D eigenvalue weighted by Gasteiger charge is 2.45. The van der Waals surface area contributed by atoms with Crippen LogP contribution in [-0.2, 0) is 4.79 Å². The van der Waals surface area contributed by atoms with Gasteiger partial charge in [-0.05, 0) is 36.8 Å². The Labute approximate surface area is 184 Å². The number of para-hydroxylation sites is 1. The highest BCUT2D eigenvalue weighted by atomic mass is 32.2. The highest BCUT2D eigenvalue weighted by Crippen LogP contribution is 2.41. The van der Waals surface area contributed by atoms with Crippen molar-refractivity contribution in [1.29, 1.82) is 0 Å². The van der Waals surface area contributed by atoms with E-state index in [2.05, 4.69) is 5.32 Å². The molecule has 5 rings (SSSR count). The summed E-state index contributed by atoms with van der Waals surface area (Å²) in [6.45, 7) is 2.70. The van der Waals surface area contributed by atoms with E-state index in [4.69, 9.17) is 9.15 Å². The first-order valence-electron chi connectivity index (χ1n) is 10.6. The number of methoxy groups -OCH3 is 1. The molecule has 3 saturated heterocycles. The van der Waals surface area contributed by atoms with Gasteiger partial charge in [0, 0.05) is 37.3 Å². The minimum atomic E-state index is -0.403. The van der Waals surface area contributed by atoms with Gasteiger partial charge in [0.25, 0.3) is 11.1 Å². The van der Waals surface area contributed by atoms with Gasteiger partial charge in [-0.3, -0.25) is 14.4 Å². The summed E-state index contributed by atoms with van der Waals surface area (Å²) in [4.78, 5) is 40.9. The van der Waals surface area contributed by atoms with E-state index in [1.165, 1.54) is 11.8 Å². The number of likely N-dealkylation sites (tertiary alicyclic amines) is 2. The maximum Gasteiger partial charge on any atom is 0.289 e. The van der Waals surface area contributed by atoms with E-state index >= 15 is 0 Å². The number of rotatable bonds is 3. The molecule has 1 atom stereocenters. The van der Waals surface area contributed by atoms with Gasteiger partial charge in [0.05, 0.1) is 7.11 Å². The first kappa shape index (κ1) is 20.2. The number of benzene rings is 1. The third-order valence-corrected chi connectivity index (χ3v) is 7.65. The van der Waals surface area contributed by atoms with Crippen molar-refractivity contribution in [2.75, 3.05) is 39.0 Å². The predicted octanol–water partition coefficient (Wildman–Crippen LogP) is 2.72. The van der Waals surface area contributed by atoms with Crippen molar-refractivity contribution in [2.45, 2.75) is 25.3 Å². The van der Waals surface area contributed by atoms with Crippen LogP contribution in [-0.4, -0.2) is 71.9 Å². The quantitative estimate of drug-likeness (QED) is 0.784. The molecule has 1 aromatic heterocycles. The van der Waals surface area contributed by atoms with Crippen LogP contribution in [0.2, 0.25) is 0 Å². The SMILES string of the molecule is COc1cccc2cc(C(=O)N3CCC4(CC3)CCN(C(=O)C3CSC(=O)N3)C4)oc12. The normalized spacial score (nSPS) is 22.9. The molecule has 164 valence electrons. The van der Waals surface area contributed by atoms with Crippen LogP contribution in [0.1, 0.15) is 29.8 Å². The van der Waals surface area contributed by atoms with Crippen LogP contribution in [0.4, 0.5) is 4.79 Å². The lowest BCUT2D eigenvalue weighted by Gasteiger charge is -2.39. The number of piperidine rings is 1. The summed E-state index contributed by atoms with van der Waals surface area (Å²) in [7, 11) is 1.58. The molecule has 1 N–H and O–H groups in total. The Morgan fingerprint density at radius 3 is 2.61 bits per heavy atom. The molecule has 0 saturated carbocycles. The summed E-state index contributed by atoms with van der Waals surface area (Å²) in [6.07, 6.45) is 2.66. The topological polar surface area (TPSA) is 92.1 Å². The molecule has 4 heterocycles. The van der Waals surface area contributed by atoms with Crippen molar-refractivity contribution in [3.63, 3.8) is 0 Å². The number of ether oxygens (including phenoxy) is 1. The molecule has 31 heavy (non-hydrogen) atoms. The molecule has 1 unspecified atom stereocenters. The Kier molecular flexibility index (Phi) is 5.08. The fourth-order valence-electron chi connectivity index (χ4n) is 4.91. The molecule has 9 heteroatoms. The molecular formula is C22H25N3O5S. The molecule has 3 amide bonds. The minimum absolute atomic E-state index is 0.0185. The largest absolute Gasteiger partial charge is 0.493 e. The summed E-state index contributed by atoms with van der Waals surface area (Å²) in [5.74, 6) is 1.36. The maximum atomic E-state index is 13.0. The van der Waals surface area contributed by atoms with Crippen LogP contribution in [0.15, 0.2) is 28.7 Å². The van der Waals surface area contributed by atoms with Crippen molar-refractivity contribution in [3.8, 4) is 5.75 Å². The van der Waals surface area contributed by atoms with Crippen LogP contribution in [0.5, 0.6) is 5.75 Å². The Hall–Kier alpha value is -2.68. The minimum Gasteiger partial charge on any atom is -0.493 e. The standard InChI is InChI=1S/C22H25N3O5S/c1-29-16-4-2-3-14-11-17(30-18(14)16)20(27)24-8-5-22(6-9-24)7-10-25(13-22)19(26)15-12-31-21(28)23-15/h2-4,11,15H,5-10,12-13H2,1H3,(H,23,28). The van der Waals surface area contributed by atoms with Crippen molar-refractivity contribution in [3.05, 3.63) is 30.0 Å². The van der Waals surface area contributed by atoms with Crippen molar-refractivity contribution >= 4 is 39.8 Å². The Morgan fingerprint density at radius 1 is 1.19 bits per heavy atom. The number of thioether (sulfide) groups is 1. The van der Waals surface area contributed by atoms with E-state index in [1.807, 2.05) is 28.0 Å². The summed E-state index contributed by atoms with van der Waals surface area (Å²) >= 11 is 1.17. The summed E-state index contributed by atoms with van der Waals surface area (Å²) in [5.41, 5.74) is 0.642. The van der Waals surface area contributed by atoms with Gasteiger partial charge in [0.1, 0.15) is 6.04 Å². The van der Waals surface area contributed by atoms with E-state index in [0.717, 1.165) is 24.6 Å². The average Bonchev–Trinajstić information content (AvgIpc) is 3.51. The van der Waals surface area contributed by atoms with E-state index < -0.39 is 6.04 Å². The summed E-state index contributed by atoms with van der Waals surface area (Å²) < 4.78 is 11.2. The third-order valence-electron chi connectivity index (χ3n) is 6.77. The number of carbonyl (C=O) groups is 3. The van der Waals surface area contributed by atoms with Crippen LogP contribution in [0.25, 0.3) is 11.0 Å². The lowest BCUT2D eigenvalue weighted by molar-refractivity contribution is -0.132. The first-order chi connectivity index (χ1) is 15.0. The number of amides is 3. The monoisotopic (exact) mass is 443 g/mol. The number of nitrogens with one attached hydrogen (secondary N) is 1. The highest BCUT2D eigenvalue weighted by molar-refractivity contribution is 8.14. The van der Waals surface area contributed by atoms with Crippen LogP contribution >= 0.6 is 11.8 Å². The van der Waals surface area contributed by atoms with Crippen LogP contribution < -0.4 is 10.1 Å². The number of fused-ring (bicyclic) bond motifs is 1. The van der Waals surface area contributed by atoms with Gasteiger partial charge in [0.15, 0.2) is 17.1 Å². The summed E-state index contributed by atoms with van der Waals surface area (Å²) in [6, 6.07) is 6.96. The molecule has 3 aliphatic heterocycles. The summed E-state index contributed by atoms with van der Waals surface area (Å²) in [5, 5.41) is 3.46. The van der Waals surface area contributed by atoms with E-state index in [0.29, 0.717) is 49.0 Å². The zero-order chi connectivity index (χ0) is 21.6. The molecule has 3 aliphatic rings. The lowest BCUT2D eigenvalue weighted by Crippen LogP contribution is -2.47. The molecule has 8 nitrogen and oxygen atoms in total. The Bertz CT molecular complexity index is 1040. The molecule has 3 fully saturated rings. The molecule has 0 radical (unpaired) electrons. The predicted molar refractivity (Wildman–Crippen MR) is 116 cm³/mol. The van der Waals surface area contributed by atoms with E-state index in [9.17, 15) is 14.4 Å². The van der Waals surface area contributed by atoms with Crippen LogP contribution in [0.3, 0.4) is 0 Å². The number of hydrogen-bond acceptors (Lipinski definition) is 6. The fourth-order valence-corrected chi connectivity index (χ4v) is 5.68. The van der Waals surface area contributed by atoms with E-state index in [1.54, 1.807) is 13.2 Å². The third kappa shape index (κ3) is 3.64. The van der Waals surface area contributed by atoms with Gasteiger partial charge in [-0.25, -0.2) is 0 Å². The molecule has 0 bridgehead atoms. The molecule has 1 aromatic carbocycles. The Balaban J connectivity index is 1.22. The molecule has 2 aromatic rings. The fraction of sp³-hybridized carbons (Fsp3) is 0.500. The van der Waals surface area contributed by atoms with Gasteiger partial charge in [-0.2, -0.15) is 0 Å². The van der Waals surface area contributed by atoms with Crippen molar-refractivity contribution in [2.24, 2.45) is 5.41 Å². The zero-order valence-electron chi connectivity index (χ0n) is 17.4. The molecule has 0 aliphatic carbocycles. The smallest absolute Gasteiger partial charge is 0.289 e. The first-order valence-corrected chi connectivity index (χ1v) is 11.5. The Morgan fingerprint density at radius 2 is 1.94 bits per heavy atom. The zero-order valence-corrected chi connectivity index (χ0v) is 18.2. The van der Waals surface area contributed by atoms with Gasteiger partial charge in [0.2, 0.25) is 5.91 Å². The second-order valence-electron chi connectivity index (χ2n) is 8.59. The number of furan rings is 1. The molecular weight excluding hydrogens is 418 g/mol. The van der Waals surface area contributed by atoms with E-state index in [-0.39, 0.29) is 22.5 Å². The molecule has 1 spiro atoms. The second kappa shape index (κ2) is 7.78. The number of hydrogen-bond donors (Lipinski definition) is 1. The van der Waals surface area contributed by atoms with Crippen LogP contribution in [0, 0.1) is 5.41 Å². The maximum absolute atomic E-state index is 13.0. The number of nitrogens with zero attached hydrogens (tertiary/aromatic N) is 2.